The molecule has 0 aliphatic heterocycles. The number of ether oxygens (including phenoxy) is 1. The molecule has 3 heteroatoms. The topological polar surface area (TPSA) is 38.3 Å². The van der Waals surface area contributed by atoms with Crippen LogP contribution in [0, 0.1) is 5.92 Å². The van der Waals surface area contributed by atoms with E-state index >= 15 is 0 Å². The molecule has 0 bridgehead atoms. The summed E-state index contributed by atoms with van der Waals surface area (Å²) in [6.45, 7) is 4.16. The fourth-order valence-corrected chi connectivity index (χ4v) is 1.31. The molecule has 0 fully saturated rings. The Morgan fingerprint density at radius 2 is 2.00 bits per heavy atom. The van der Waals surface area contributed by atoms with Gasteiger partial charge in [-0.25, -0.2) is 0 Å². The number of benzene rings is 1. The number of methoxy groups -OCH3 is 1. The molecule has 17 heavy (non-hydrogen) atoms. The van der Waals surface area contributed by atoms with Gasteiger partial charge in [0.1, 0.15) is 0 Å². The van der Waals surface area contributed by atoms with Crippen LogP contribution in [0.4, 0.5) is 5.69 Å². The van der Waals surface area contributed by atoms with Crippen LogP contribution in [-0.2, 0) is 9.53 Å². The van der Waals surface area contributed by atoms with E-state index in [1.165, 1.54) is 0 Å². The largest absolute Gasteiger partial charge is 0.378 e. The molecular formula is C14H19NO2. The molecule has 92 valence electrons. The van der Waals surface area contributed by atoms with Gasteiger partial charge in [-0.05, 0) is 12.1 Å². The number of carbonyl (C=O) groups excluding carboxylic acids is 1. The second kappa shape index (κ2) is 6.86. The first-order chi connectivity index (χ1) is 8.13. The molecule has 0 unspecified atom stereocenters. The fraction of sp³-hybridized carbons (Fsp3) is 0.357. The lowest BCUT2D eigenvalue weighted by Crippen LogP contribution is -2.11. The zero-order valence-electron chi connectivity index (χ0n) is 10.6. The van der Waals surface area contributed by atoms with Crippen LogP contribution in [0.15, 0.2) is 42.1 Å². The molecule has 0 spiro atoms. The van der Waals surface area contributed by atoms with Gasteiger partial charge in [-0.1, -0.05) is 32.0 Å². The van der Waals surface area contributed by atoms with Gasteiger partial charge in [0, 0.05) is 30.5 Å². The molecule has 0 atom stereocenters. The summed E-state index contributed by atoms with van der Waals surface area (Å²) in [5.41, 5.74) is 1.73. The van der Waals surface area contributed by atoms with Crippen LogP contribution in [0.1, 0.15) is 13.8 Å². The molecule has 0 heterocycles. The first-order valence-electron chi connectivity index (χ1n) is 5.69. The Morgan fingerprint density at radius 3 is 2.53 bits per heavy atom. The average molecular weight is 233 g/mol. The minimum Gasteiger partial charge on any atom is -0.378 e. The number of anilines is 1. The summed E-state index contributed by atoms with van der Waals surface area (Å²) < 4.78 is 5.07. The molecule has 0 aliphatic carbocycles. The lowest BCUT2D eigenvalue weighted by atomic mass is 10.1. The Labute approximate surface area is 102 Å². The highest BCUT2D eigenvalue weighted by Crippen LogP contribution is 2.10. The van der Waals surface area contributed by atoms with Crippen molar-refractivity contribution in [2.24, 2.45) is 5.92 Å². The molecule has 1 rings (SSSR count). The van der Waals surface area contributed by atoms with Crippen molar-refractivity contribution in [2.45, 2.75) is 13.8 Å². The molecular weight excluding hydrogens is 214 g/mol. The summed E-state index contributed by atoms with van der Waals surface area (Å²) in [6.07, 6.45) is 1.61. The second-order valence-electron chi connectivity index (χ2n) is 4.15. The maximum atomic E-state index is 11.6. The van der Waals surface area contributed by atoms with E-state index < -0.39 is 0 Å². The minimum absolute atomic E-state index is 0.000528. The number of allylic oxidation sites excluding steroid dienone is 1. The van der Waals surface area contributed by atoms with Crippen molar-refractivity contribution in [3.63, 3.8) is 0 Å². The monoisotopic (exact) mass is 233 g/mol. The smallest absolute Gasteiger partial charge is 0.160 e. The molecule has 3 nitrogen and oxygen atoms in total. The van der Waals surface area contributed by atoms with E-state index in [1.807, 2.05) is 44.2 Å². The number of hydrogen-bond acceptors (Lipinski definition) is 3. The van der Waals surface area contributed by atoms with Gasteiger partial charge >= 0.3 is 0 Å². The van der Waals surface area contributed by atoms with E-state index in [1.54, 1.807) is 13.2 Å². The van der Waals surface area contributed by atoms with Crippen molar-refractivity contribution in [1.29, 1.82) is 0 Å². The summed E-state index contributed by atoms with van der Waals surface area (Å²) in [6, 6.07) is 9.73. The SMILES string of the molecule is COC/C(=C/C(=O)C(C)C)Nc1ccccc1. The van der Waals surface area contributed by atoms with Crippen LogP contribution in [-0.4, -0.2) is 19.5 Å². The summed E-state index contributed by atoms with van der Waals surface area (Å²) in [4.78, 5) is 11.6. The van der Waals surface area contributed by atoms with E-state index in [0.29, 0.717) is 6.61 Å². The summed E-state index contributed by atoms with van der Waals surface area (Å²) in [5, 5.41) is 3.18. The average Bonchev–Trinajstić information content (AvgIpc) is 2.30. The third-order valence-electron chi connectivity index (χ3n) is 2.26. The maximum Gasteiger partial charge on any atom is 0.160 e. The van der Waals surface area contributed by atoms with Crippen LogP contribution in [0.25, 0.3) is 0 Å². The lowest BCUT2D eigenvalue weighted by molar-refractivity contribution is -0.117. The fourth-order valence-electron chi connectivity index (χ4n) is 1.31. The van der Waals surface area contributed by atoms with Gasteiger partial charge in [0.05, 0.1) is 6.61 Å². The van der Waals surface area contributed by atoms with Gasteiger partial charge in [-0.15, -0.1) is 0 Å². The molecule has 1 aromatic rings. The van der Waals surface area contributed by atoms with Crippen LogP contribution < -0.4 is 5.32 Å². The van der Waals surface area contributed by atoms with Gasteiger partial charge in [-0.3, -0.25) is 4.79 Å². The van der Waals surface area contributed by atoms with Gasteiger partial charge < -0.3 is 10.1 Å². The molecule has 0 radical (unpaired) electrons. The quantitative estimate of drug-likeness (QED) is 0.768. The number of rotatable bonds is 6. The predicted molar refractivity (Wildman–Crippen MR) is 69.9 cm³/mol. The molecule has 0 saturated heterocycles. The zero-order chi connectivity index (χ0) is 12.7. The first-order valence-corrected chi connectivity index (χ1v) is 5.69. The number of para-hydroxylation sites is 1. The van der Waals surface area contributed by atoms with Gasteiger partial charge in [0.15, 0.2) is 5.78 Å². The number of ketones is 1. The number of hydrogen-bond donors (Lipinski definition) is 1. The molecule has 1 N–H and O–H groups in total. The lowest BCUT2D eigenvalue weighted by Gasteiger charge is -2.10. The highest BCUT2D eigenvalue weighted by molar-refractivity contribution is 5.92. The number of nitrogens with one attached hydrogen (secondary N) is 1. The Bertz CT molecular complexity index is 382. The number of carbonyl (C=O) groups is 1. The third-order valence-corrected chi connectivity index (χ3v) is 2.26. The van der Waals surface area contributed by atoms with E-state index in [4.69, 9.17) is 4.74 Å². The van der Waals surface area contributed by atoms with Crippen LogP contribution in [0.5, 0.6) is 0 Å². The molecule has 0 aromatic heterocycles. The second-order valence-corrected chi connectivity index (χ2v) is 4.15. The molecule has 0 saturated carbocycles. The first kappa shape index (κ1) is 13.5. The molecule has 0 aliphatic rings. The van der Waals surface area contributed by atoms with E-state index in [9.17, 15) is 4.79 Å². The van der Waals surface area contributed by atoms with Crippen molar-refractivity contribution in [2.75, 3.05) is 19.0 Å². The van der Waals surface area contributed by atoms with Gasteiger partial charge in [0.2, 0.25) is 0 Å². The summed E-state index contributed by atoms with van der Waals surface area (Å²) in [7, 11) is 1.61. The van der Waals surface area contributed by atoms with Crippen molar-refractivity contribution in [1.82, 2.24) is 0 Å². The molecule has 1 aromatic carbocycles. The van der Waals surface area contributed by atoms with E-state index in [-0.39, 0.29) is 11.7 Å². The zero-order valence-corrected chi connectivity index (χ0v) is 10.6. The highest BCUT2D eigenvalue weighted by Gasteiger charge is 2.06. The Kier molecular flexibility index (Phi) is 5.43. The molecule has 0 amide bonds. The summed E-state index contributed by atoms with van der Waals surface area (Å²) >= 11 is 0. The predicted octanol–water partition coefficient (Wildman–Crippen LogP) is 2.85. The van der Waals surface area contributed by atoms with Crippen molar-refractivity contribution in [3.05, 3.63) is 42.1 Å². The standard InChI is InChI=1S/C14H19NO2/c1-11(2)14(16)9-13(10-17-3)15-12-7-5-4-6-8-12/h4-9,11,15H,10H2,1-3H3/b13-9-. The maximum absolute atomic E-state index is 11.6. The van der Waals surface area contributed by atoms with Crippen molar-refractivity contribution < 1.29 is 9.53 Å². The highest BCUT2D eigenvalue weighted by atomic mass is 16.5. The van der Waals surface area contributed by atoms with E-state index in [2.05, 4.69) is 5.32 Å². The van der Waals surface area contributed by atoms with Crippen molar-refractivity contribution >= 4 is 11.5 Å². The Hall–Kier alpha value is -1.61. The third kappa shape index (κ3) is 4.83. The summed E-state index contributed by atoms with van der Waals surface area (Å²) in [5.74, 6) is 0.0971. The van der Waals surface area contributed by atoms with Gasteiger partial charge in [-0.2, -0.15) is 0 Å². The minimum atomic E-state index is -0.000528. The Balaban J connectivity index is 2.76. The van der Waals surface area contributed by atoms with Gasteiger partial charge in [0.25, 0.3) is 0 Å². The van der Waals surface area contributed by atoms with Crippen molar-refractivity contribution in [3.8, 4) is 0 Å². The normalized spacial score (nSPS) is 11.6. The van der Waals surface area contributed by atoms with Crippen LogP contribution >= 0.6 is 0 Å². The van der Waals surface area contributed by atoms with E-state index in [0.717, 1.165) is 11.4 Å². The van der Waals surface area contributed by atoms with Crippen LogP contribution in [0.3, 0.4) is 0 Å². The van der Waals surface area contributed by atoms with Crippen LogP contribution in [0.2, 0.25) is 0 Å². The Morgan fingerprint density at radius 1 is 1.35 bits per heavy atom.